The van der Waals surface area contributed by atoms with E-state index in [1.54, 1.807) is 6.92 Å². The molecule has 0 aromatic heterocycles. The molecule has 0 aliphatic carbocycles. The van der Waals surface area contributed by atoms with Gasteiger partial charge >= 0.3 is 11.9 Å². The zero-order valence-electron chi connectivity index (χ0n) is 75.9. The molecule has 0 fully saturated rings. The number of amides is 5. The number of nitrogens with zero attached hydrogens (tertiary/aromatic N) is 4. The van der Waals surface area contributed by atoms with E-state index >= 15 is 0 Å². The molecular weight excluding hydrogens is 1520 g/mol. The molecule has 5 amide bonds. The van der Waals surface area contributed by atoms with Gasteiger partial charge in [-0.15, -0.1) is 0 Å². The highest BCUT2D eigenvalue weighted by Crippen LogP contribution is 2.24. The summed E-state index contributed by atoms with van der Waals surface area (Å²) in [7, 11) is 0. The fourth-order valence-corrected chi connectivity index (χ4v) is 13.0. The van der Waals surface area contributed by atoms with Crippen LogP contribution in [0.15, 0.2) is 72.9 Å². The maximum Gasteiger partial charge on any atom is 0.307 e. The van der Waals surface area contributed by atoms with E-state index in [0.29, 0.717) is 137 Å². The van der Waals surface area contributed by atoms with Crippen molar-refractivity contribution in [2.45, 2.75) is 209 Å². The van der Waals surface area contributed by atoms with Crippen LogP contribution in [0.25, 0.3) is 0 Å². The second kappa shape index (κ2) is 83.2. The number of allylic oxidation sites excluding steroid dienone is 6. The number of rotatable bonds is 86. The lowest BCUT2D eigenvalue weighted by Gasteiger charge is -2.27. The van der Waals surface area contributed by atoms with E-state index in [-0.39, 0.29) is 69.7 Å². The molecule has 0 heterocycles. The first-order valence-electron chi connectivity index (χ1n) is 46.1. The van der Waals surface area contributed by atoms with Crippen molar-refractivity contribution in [3.8, 4) is 0 Å². The molecule has 29 heteroatoms. The number of nitrogens with one attached hydrogen (secondary N) is 11. The number of unbranched alkanes of at least 4 members (excludes halogenated alkanes) is 1. The summed E-state index contributed by atoms with van der Waals surface area (Å²) >= 11 is 0. The molecule has 4 atom stereocenters. The van der Waals surface area contributed by atoms with Crippen molar-refractivity contribution < 1.29 is 57.4 Å². The number of Topliss-reactive ketones (excluding diaryl/α,β-unsaturated/α-hetero) is 3. The summed E-state index contributed by atoms with van der Waals surface area (Å²) in [5, 5.41) is 33.5. The summed E-state index contributed by atoms with van der Waals surface area (Å²) in [5.74, 6) is -8.94. The van der Waals surface area contributed by atoms with Gasteiger partial charge in [-0.3, -0.25) is 57.7 Å². The zero-order valence-corrected chi connectivity index (χ0v) is 75.9. The van der Waals surface area contributed by atoms with Crippen LogP contribution in [-0.2, 0) is 57.4 Å². The van der Waals surface area contributed by atoms with Crippen LogP contribution in [0.2, 0.25) is 0 Å². The summed E-state index contributed by atoms with van der Waals surface area (Å²) < 4.78 is 11.4. The third kappa shape index (κ3) is 68.8. The van der Waals surface area contributed by atoms with Gasteiger partial charge in [0.15, 0.2) is 0 Å². The Balaban J connectivity index is 6.10. The highest BCUT2D eigenvalue weighted by Gasteiger charge is 2.34. The lowest BCUT2D eigenvalue weighted by Crippen LogP contribution is -2.41. The average molecular weight is 1690 g/mol. The second-order valence-corrected chi connectivity index (χ2v) is 30.5. The first-order chi connectivity index (χ1) is 58.4. The van der Waals surface area contributed by atoms with Gasteiger partial charge in [-0.05, 0) is 89.9 Å². The van der Waals surface area contributed by atoms with Gasteiger partial charge in [0.1, 0.15) is 30.6 Å². The molecular formula is C91H169N17O12. The highest BCUT2D eigenvalue weighted by molar-refractivity contribution is 5.97. The van der Waals surface area contributed by atoms with Crippen LogP contribution in [0.1, 0.15) is 209 Å². The van der Waals surface area contributed by atoms with Crippen LogP contribution in [0.3, 0.4) is 0 Å². The van der Waals surface area contributed by atoms with Gasteiger partial charge in [-0.25, -0.2) is 0 Å². The summed E-state index contributed by atoms with van der Waals surface area (Å²) in [6.07, 6.45) is 38.2. The van der Waals surface area contributed by atoms with E-state index in [9.17, 15) is 47.9 Å². The van der Waals surface area contributed by atoms with Crippen molar-refractivity contribution in [2.24, 2.45) is 35.1 Å². The molecule has 120 heavy (non-hydrogen) atoms. The molecule has 0 aliphatic rings. The quantitative estimate of drug-likeness (QED) is 0.0179. The summed E-state index contributed by atoms with van der Waals surface area (Å²) in [4.78, 5) is 147. The minimum absolute atomic E-state index is 0.123. The smallest absolute Gasteiger partial charge is 0.307 e. The minimum Gasteiger partial charge on any atom is -0.464 e. The molecule has 0 aromatic rings. The van der Waals surface area contributed by atoms with Gasteiger partial charge in [0.2, 0.25) is 29.5 Å². The van der Waals surface area contributed by atoms with Crippen LogP contribution in [0.4, 0.5) is 0 Å². The molecule has 29 nitrogen and oxygen atoms in total. The number of nitrogens with two attached hydrogens (primary N) is 2. The van der Waals surface area contributed by atoms with Crippen molar-refractivity contribution in [3.63, 3.8) is 0 Å². The highest BCUT2D eigenvalue weighted by atomic mass is 16.5. The number of hydrogen-bond acceptors (Lipinski definition) is 24. The Labute approximate surface area is 724 Å². The van der Waals surface area contributed by atoms with E-state index in [1.807, 2.05) is 6.92 Å². The van der Waals surface area contributed by atoms with Crippen molar-refractivity contribution in [3.05, 3.63) is 72.9 Å². The first kappa shape index (κ1) is 113. The Morgan fingerprint density at radius 3 is 0.917 bits per heavy atom. The predicted molar refractivity (Wildman–Crippen MR) is 488 cm³/mol. The van der Waals surface area contributed by atoms with E-state index in [1.165, 1.54) is 0 Å². The fraction of sp³-hybridized carbons (Fsp3) is 0.758. The molecule has 15 N–H and O–H groups in total. The fourth-order valence-electron chi connectivity index (χ4n) is 13.0. The normalized spacial score (nSPS) is 13.0. The Hall–Kier alpha value is -6.74. The number of ether oxygens (including phenoxy) is 2. The number of ketones is 3. The Kier molecular flexibility index (Phi) is 78.5. The second-order valence-electron chi connectivity index (χ2n) is 30.5. The SMILES string of the molecule is CC/C=C\CCN(CC/C=C\CC)CCN(CC/C=C\CC)CCOC(=O)CCNCCNCCNC(=O)CC(CC(=O)CC(CC)C(=O)NCCNCCNCCC(=O)OCCN(CC/C=C\CC)CCN(CC/C=C\CC)CC/C=C\CC)C(=O)CC(CC(=O)CC(CC(=O)NCCNCCN)C(=O)NCCCC)C(=O)NCCNCCN. The Bertz CT molecular complexity index is 2790. The lowest BCUT2D eigenvalue weighted by molar-refractivity contribution is -0.144. The third-order valence-corrected chi connectivity index (χ3v) is 20.1. The zero-order chi connectivity index (χ0) is 88.4. The first-order valence-corrected chi connectivity index (χ1v) is 46.1. The van der Waals surface area contributed by atoms with Crippen LogP contribution in [-0.4, -0.2) is 295 Å². The average Bonchev–Trinajstić information content (AvgIpc) is 0.848. The van der Waals surface area contributed by atoms with Crippen LogP contribution >= 0.6 is 0 Å². The van der Waals surface area contributed by atoms with E-state index in [0.717, 1.165) is 149 Å². The Morgan fingerprint density at radius 1 is 0.292 bits per heavy atom. The number of carbonyl (C=O) groups excluding carboxylic acids is 10. The van der Waals surface area contributed by atoms with Crippen LogP contribution in [0, 0.1) is 23.7 Å². The van der Waals surface area contributed by atoms with Gasteiger partial charge in [-0.2, -0.15) is 0 Å². The molecule has 4 unspecified atom stereocenters. The largest absolute Gasteiger partial charge is 0.464 e. The standard InChI is InChI=1S/C91H169N17O12/c1-9-17-24-30-57-105(58-31-25-18-10-2)63-65-107(61-34-28-21-13-5)67-69-119-87(114)36-41-94-45-47-98-50-54-100-85(112)76-79(84(111)75-80(90(117)104-55-51-97-44-39-93)73-83(110)74-81(91(118)102-40-23-15-7)77-86(113)101-53-49-96-43-38-92)72-82(109)71-78(16-8)89(116)103-56-52-99-48-46-95-42-37-88(115)120-70-68-108(62-35-29-22-14-6)66-64-106(59-32-26-19-11-3)60-33-27-20-12-4/h17-22,24-29,78-81,94-99H,9-16,23,30-77,92-93H2,1-8H3,(H,100,112)(H,101,113)(H,102,118)(H,103,116)(H,104,117)/b24-17-,25-18-,26-19-,27-20-,28-21-,29-22-. The molecule has 0 aromatic carbocycles. The third-order valence-electron chi connectivity index (χ3n) is 20.1. The maximum atomic E-state index is 14.8. The van der Waals surface area contributed by atoms with Gasteiger partial charge in [0.25, 0.3) is 0 Å². The summed E-state index contributed by atoms with van der Waals surface area (Å²) in [6.45, 7) is 35.5. The molecule has 0 saturated heterocycles. The van der Waals surface area contributed by atoms with E-state index < -0.39 is 96.8 Å². The topological polar surface area (TPSA) is 386 Å². The maximum absolute atomic E-state index is 14.8. The van der Waals surface area contributed by atoms with Crippen molar-refractivity contribution in [1.29, 1.82) is 0 Å². The molecule has 0 radical (unpaired) electrons. The van der Waals surface area contributed by atoms with Gasteiger partial charge in [-0.1, -0.05) is 135 Å². The minimum atomic E-state index is -1.27. The lowest BCUT2D eigenvalue weighted by atomic mass is 9.83. The Morgan fingerprint density at radius 2 is 0.575 bits per heavy atom. The summed E-state index contributed by atoms with van der Waals surface area (Å²) in [6, 6.07) is 0. The van der Waals surface area contributed by atoms with Gasteiger partial charge in [0, 0.05) is 260 Å². The summed E-state index contributed by atoms with van der Waals surface area (Å²) in [5.41, 5.74) is 11.3. The molecule has 0 bridgehead atoms. The molecule has 0 aliphatic heterocycles. The molecule has 0 spiro atoms. The monoisotopic (exact) mass is 1690 g/mol. The molecule has 0 saturated carbocycles. The van der Waals surface area contributed by atoms with Crippen LogP contribution in [0.5, 0.6) is 0 Å². The van der Waals surface area contributed by atoms with E-state index in [2.05, 4.69) is 193 Å². The number of carbonyl (C=O) groups is 10. The van der Waals surface area contributed by atoms with Crippen molar-refractivity contribution >= 4 is 58.8 Å². The van der Waals surface area contributed by atoms with Crippen molar-refractivity contribution in [2.75, 3.05) is 216 Å². The van der Waals surface area contributed by atoms with Crippen LogP contribution < -0.4 is 70.0 Å². The number of esters is 2. The number of hydrogen-bond donors (Lipinski definition) is 13. The molecule has 690 valence electrons. The van der Waals surface area contributed by atoms with E-state index in [4.69, 9.17) is 20.9 Å². The van der Waals surface area contributed by atoms with Crippen molar-refractivity contribution in [1.82, 2.24) is 78.1 Å². The predicted octanol–water partition coefficient (Wildman–Crippen LogP) is 6.35. The van der Waals surface area contributed by atoms with Gasteiger partial charge < -0.3 is 89.2 Å². The van der Waals surface area contributed by atoms with Gasteiger partial charge in [0.05, 0.1) is 24.7 Å². The molecule has 0 rings (SSSR count).